The van der Waals surface area contributed by atoms with Crippen LogP contribution in [0.3, 0.4) is 0 Å². The molecule has 0 aliphatic heterocycles. The zero-order valence-corrected chi connectivity index (χ0v) is 8.87. The first-order valence-electron chi connectivity index (χ1n) is 5.97. The SMILES string of the molecule is O=Cc1cc(C2CCCC2)oc1C1CC1. The second-order valence-corrected chi connectivity index (χ2v) is 4.84. The van der Waals surface area contributed by atoms with E-state index in [-0.39, 0.29) is 0 Å². The molecule has 0 unspecified atom stereocenters. The maximum Gasteiger partial charge on any atom is 0.153 e. The zero-order valence-electron chi connectivity index (χ0n) is 8.87. The van der Waals surface area contributed by atoms with Gasteiger partial charge in [0.15, 0.2) is 6.29 Å². The number of hydrogen-bond donors (Lipinski definition) is 0. The van der Waals surface area contributed by atoms with Gasteiger partial charge in [-0.05, 0) is 31.7 Å². The third-order valence-electron chi connectivity index (χ3n) is 3.64. The predicted molar refractivity (Wildman–Crippen MR) is 57.3 cm³/mol. The summed E-state index contributed by atoms with van der Waals surface area (Å²) < 4.78 is 5.88. The van der Waals surface area contributed by atoms with Gasteiger partial charge in [-0.15, -0.1) is 0 Å². The maximum absolute atomic E-state index is 10.9. The number of aldehydes is 1. The highest BCUT2D eigenvalue weighted by molar-refractivity contribution is 5.77. The van der Waals surface area contributed by atoms with Gasteiger partial charge in [0.05, 0.1) is 5.56 Å². The van der Waals surface area contributed by atoms with Crippen LogP contribution in [0.5, 0.6) is 0 Å². The third kappa shape index (κ3) is 1.62. The van der Waals surface area contributed by atoms with E-state index in [1.807, 2.05) is 6.07 Å². The van der Waals surface area contributed by atoms with Crippen molar-refractivity contribution in [2.45, 2.75) is 50.4 Å². The first-order valence-corrected chi connectivity index (χ1v) is 5.97. The van der Waals surface area contributed by atoms with Gasteiger partial charge >= 0.3 is 0 Å². The molecule has 0 bridgehead atoms. The molecule has 0 aromatic carbocycles. The Hall–Kier alpha value is -1.05. The Morgan fingerprint density at radius 2 is 1.87 bits per heavy atom. The lowest BCUT2D eigenvalue weighted by Gasteiger charge is -2.03. The standard InChI is InChI=1S/C13H16O2/c14-8-11-7-12(9-3-1-2-4-9)15-13(11)10-5-6-10/h7-10H,1-6H2. The van der Waals surface area contributed by atoms with E-state index in [2.05, 4.69) is 0 Å². The Morgan fingerprint density at radius 1 is 1.13 bits per heavy atom. The number of hydrogen-bond acceptors (Lipinski definition) is 2. The summed E-state index contributed by atoms with van der Waals surface area (Å²) >= 11 is 0. The van der Waals surface area contributed by atoms with E-state index in [4.69, 9.17) is 4.42 Å². The molecule has 0 radical (unpaired) electrons. The first-order chi connectivity index (χ1) is 7.38. The highest BCUT2D eigenvalue weighted by atomic mass is 16.3. The smallest absolute Gasteiger partial charge is 0.153 e. The fourth-order valence-corrected chi connectivity index (χ4v) is 2.61. The molecule has 0 N–H and O–H groups in total. The van der Waals surface area contributed by atoms with Crippen LogP contribution >= 0.6 is 0 Å². The molecular formula is C13H16O2. The summed E-state index contributed by atoms with van der Waals surface area (Å²) in [4.78, 5) is 10.9. The van der Waals surface area contributed by atoms with E-state index in [1.165, 1.54) is 38.5 Å². The second kappa shape index (κ2) is 3.51. The molecule has 0 atom stereocenters. The van der Waals surface area contributed by atoms with Crippen LogP contribution in [-0.4, -0.2) is 6.29 Å². The molecule has 0 saturated heterocycles. The van der Waals surface area contributed by atoms with E-state index < -0.39 is 0 Å². The van der Waals surface area contributed by atoms with Gasteiger partial charge in [-0.25, -0.2) is 0 Å². The summed E-state index contributed by atoms with van der Waals surface area (Å²) in [6.45, 7) is 0. The van der Waals surface area contributed by atoms with Crippen molar-refractivity contribution in [1.82, 2.24) is 0 Å². The Kier molecular flexibility index (Phi) is 2.15. The van der Waals surface area contributed by atoms with Gasteiger partial charge < -0.3 is 4.42 Å². The normalized spacial score (nSPS) is 22.1. The van der Waals surface area contributed by atoms with Gasteiger partial charge in [0, 0.05) is 11.8 Å². The van der Waals surface area contributed by atoms with Crippen molar-refractivity contribution in [3.05, 3.63) is 23.2 Å². The molecule has 1 aromatic rings. The lowest BCUT2D eigenvalue weighted by Crippen LogP contribution is -1.87. The fraction of sp³-hybridized carbons (Fsp3) is 0.615. The molecule has 1 heterocycles. The maximum atomic E-state index is 10.9. The summed E-state index contributed by atoms with van der Waals surface area (Å²) in [5.41, 5.74) is 0.805. The molecule has 0 spiro atoms. The van der Waals surface area contributed by atoms with Crippen molar-refractivity contribution < 1.29 is 9.21 Å². The Labute approximate surface area is 89.7 Å². The summed E-state index contributed by atoms with van der Waals surface area (Å²) in [5, 5.41) is 0. The van der Waals surface area contributed by atoms with Crippen molar-refractivity contribution >= 4 is 6.29 Å². The fourth-order valence-electron chi connectivity index (χ4n) is 2.61. The first kappa shape index (κ1) is 9.20. The lowest BCUT2D eigenvalue weighted by atomic mass is 10.0. The highest BCUT2D eigenvalue weighted by Crippen LogP contribution is 2.44. The lowest BCUT2D eigenvalue weighted by molar-refractivity contribution is 0.112. The second-order valence-electron chi connectivity index (χ2n) is 4.84. The Bertz CT molecular complexity index is 368. The topological polar surface area (TPSA) is 30.2 Å². The van der Waals surface area contributed by atoms with E-state index in [0.717, 1.165) is 23.4 Å². The van der Waals surface area contributed by atoms with Crippen molar-refractivity contribution in [3.63, 3.8) is 0 Å². The average Bonchev–Trinajstić information content (AvgIpc) is 2.83. The summed E-state index contributed by atoms with van der Waals surface area (Å²) in [5.74, 6) is 3.15. The average molecular weight is 204 g/mol. The number of furan rings is 1. The van der Waals surface area contributed by atoms with Gasteiger partial charge in [0.1, 0.15) is 11.5 Å². The van der Waals surface area contributed by atoms with Crippen molar-refractivity contribution in [3.8, 4) is 0 Å². The van der Waals surface area contributed by atoms with E-state index in [1.54, 1.807) is 0 Å². The molecule has 80 valence electrons. The molecule has 2 nitrogen and oxygen atoms in total. The number of carbonyl (C=O) groups excluding carboxylic acids is 1. The molecular weight excluding hydrogens is 188 g/mol. The van der Waals surface area contributed by atoms with Crippen molar-refractivity contribution in [2.75, 3.05) is 0 Å². The molecule has 2 aliphatic carbocycles. The van der Waals surface area contributed by atoms with Crippen LogP contribution < -0.4 is 0 Å². The molecule has 3 rings (SSSR count). The largest absolute Gasteiger partial charge is 0.465 e. The minimum atomic E-state index is 0.542. The monoisotopic (exact) mass is 204 g/mol. The summed E-state index contributed by atoms with van der Waals surface area (Å²) in [6, 6.07) is 1.98. The predicted octanol–water partition coefficient (Wildman–Crippen LogP) is 3.63. The number of carbonyl (C=O) groups is 1. The summed E-state index contributed by atoms with van der Waals surface area (Å²) in [6.07, 6.45) is 8.42. The van der Waals surface area contributed by atoms with Crippen molar-refractivity contribution in [2.24, 2.45) is 0 Å². The van der Waals surface area contributed by atoms with Crippen molar-refractivity contribution in [1.29, 1.82) is 0 Å². The minimum Gasteiger partial charge on any atom is -0.465 e. The van der Waals surface area contributed by atoms with Gasteiger partial charge in [-0.1, -0.05) is 12.8 Å². The highest BCUT2D eigenvalue weighted by Gasteiger charge is 2.31. The van der Waals surface area contributed by atoms with Crippen LogP contribution in [0.2, 0.25) is 0 Å². The minimum absolute atomic E-state index is 0.542. The van der Waals surface area contributed by atoms with Crippen LogP contribution in [0.4, 0.5) is 0 Å². The van der Waals surface area contributed by atoms with Gasteiger partial charge in [-0.3, -0.25) is 4.79 Å². The van der Waals surface area contributed by atoms with Crippen LogP contribution in [0.15, 0.2) is 10.5 Å². The third-order valence-corrected chi connectivity index (χ3v) is 3.64. The van der Waals surface area contributed by atoms with E-state index in [0.29, 0.717) is 11.8 Å². The van der Waals surface area contributed by atoms with Gasteiger partial charge in [0.2, 0.25) is 0 Å². The van der Waals surface area contributed by atoms with Crippen LogP contribution in [-0.2, 0) is 0 Å². The van der Waals surface area contributed by atoms with E-state index >= 15 is 0 Å². The molecule has 15 heavy (non-hydrogen) atoms. The summed E-state index contributed by atoms with van der Waals surface area (Å²) in [7, 11) is 0. The Morgan fingerprint density at radius 3 is 2.47 bits per heavy atom. The molecule has 2 saturated carbocycles. The quantitative estimate of drug-likeness (QED) is 0.704. The molecule has 0 amide bonds. The molecule has 2 fully saturated rings. The zero-order chi connectivity index (χ0) is 10.3. The van der Waals surface area contributed by atoms with E-state index in [9.17, 15) is 4.79 Å². The van der Waals surface area contributed by atoms with Crippen LogP contribution in [0.1, 0.15) is 72.2 Å². The van der Waals surface area contributed by atoms with Crippen LogP contribution in [0.25, 0.3) is 0 Å². The van der Waals surface area contributed by atoms with Crippen LogP contribution in [0, 0.1) is 0 Å². The number of rotatable bonds is 3. The molecule has 2 heteroatoms. The molecule has 2 aliphatic rings. The van der Waals surface area contributed by atoms with Gasteiger partial charge in [-0.2, -0.15) is 0 Å². The Balaban J connectivity index is 1.91. The van der Waals surface area contributed by atoms with Gasteiger partial charge in [0.25, 0.3) is 0 Å². The molecule has 1 aromatic heterocycles.